The number of amides is 1. The summed E-state index contributed by atoms with van der Waals surface area (Å²) < 4.78 is 37.8. The normalized spacial score (nSPS) is 18.3. The summed E-state index contributed by atoms with van der Waals surface area (Å²) in [6.45, 7) is 7.32. The second-order valence-electron chi connectivity index (χ2n) is 10.2. The Bertz CT molecular complexity index is 1540. The van der Waals surface area contributed by atoms with Gasteiger partial charge in [-0.1, -0.05) is 18.5 Å². The minimum Gasteiger partial charge on any atom is -0.462 e. The number of alkyl carbamates (subject to hydrolysis) is 1. The van der Waals surface area contributed by atoms with Crippen LogP contribution in [0.3, 0.4) is 0 Å². The number of aromatic amines is 2. The van der Waals surface area contributed by atoms with Crippen LogP contribution in [0.15, 0.2) is 28.0 Å². The molecule has 200 valence electrons. The van der Waals surface area contributed by atoms with Gasteiger partial charge in [-0.2, -0.15) is 0 Å². The molecule has 4 rings (SSSR count). The number of fused-ring (bicyclic) bond motifs is 3. The topological polar surface area (TPSA) is 147 Å². The summed E-state index contributed by atoms with van der Waals surface area (Å²) in [6.07, 6.45) is 2.41. The standard InChI is InChI=1S/C25H30ClN3O7S/c1-5-8-35-23(31)16-12-27-21-20(16)15-10-19(17(26)11-18(15)29-22(21)30)37(33,34)14-7-6-13(9-14)28-24(32)36-25(2,3)4/h10-14,27H,5-9H2,1-4H3,(H,28,32)(H,29,30). The van der Waals surface area contributed by atoms with E-state index in [4.69, 9.17) is 21.1 Å². The summed E-state index contributed by atoms with van der Waals surface area (Å²) in [7, 11) is -3.92. The fraction of sp³-hybridized carbons (Fsp3) is 0.480. The third-order valence-corrected chi connectivity index (χ3v) is 8.89. The highest BCUT2D eigenvalue weighted by Crippen LogP contribution is 2.37. The Balaban J connectivity index is 1.71. The predicted molar refractivity (Wildman–Crippen MR) is 140 cm³/mol. The zero-order valence-corrected chi connectivity index (χ0v) is 22.6. The molecule has 1 aromatic carbocycles. The second kappa shape index (κ2) is 10.0. The minimum absolute atomic E-state index is 0.0447. The molecule has 1 fully saturated rings. The summed E-state index contributed by atoms with van der Waals surface area (Å²) in [6, 6.07) is 2.41. The number of H-pyrrole nitrogens is 2. The molecule has 2 atom stereocenters. The molecule has 2 heterocycles. The molecule has 1 aliphatic rings. The third-order valence-electron chi connectivity index (χ3n) is 6.20. The predicted octanol–water partition coefficient (Wildman–Crippen LogP) is 4.45. The summed E-state index contributed by atoms with van der Waals surface area (Å²) in [5.74, 6) is -0.619. The molecule has 1 aliphatic carbocycles. The van der Waals surface area contributed by atoms with Gasteiger partial charge in [0.2, 0.25) is 0 Å². The maximum atomic E-state index is 13.7. The molecule has 1 saturated carbocycles. The van der Waals surface area contributed by atoms with Gasteiger partial charge in [-0.25, -0.2) is 18.0 Å². The van der Waals surface area contributed by atoms with Crippen LogP contribution in [0.2, 0.25) is 5.02 Å². The fourth-order valence-corrected chi connectivity index (χ4v) is 6.98. The van der Waals surface area contributed by atoms with Gasteiger partial charge in [0, 0.05) is 23.0 Å². The van der Waals surface area contributed by atoms with Crippen molar-refractivity contribution in [3.05, 3.63) is 39.3 Å². The van der Waals surface area contributed by atoms with Crippen molar-refractivity contribution in [2.45, 2.75) is 75.2 Å². The summed E-state index contributed by atoms with van der Waals surface area (Å²) in [5.41, 5.74) is -0.590. The maximum Gasteiger partial charge on any atom is 0.407 e. The number of nitrogens with one attached hydrogen (secondary N) is 3. The van der Waals surface area contributed by atoms with Crippen molar-refractivity contribution < 1.29 is 27.5 Å². The number of hydrogen-bond acceptors (Lipinski definition) is 7. The van der Waals surface area contributed by atoms with Crippen molar-refractivity contribution in [3.63, 3.8) is 0 Å². The molecule has 0 spiro atoms. The first-order chi connectivity index (χ1) is 17.3. The Morgan fingerprint density at radius 2 is 1.95 bits per heavy atom. The van der Waals surface area contributed by atoms with Crippen LogP contribution in [0.1, 0.15) is 63.7 Å². The Hall–Kier alpha value is -3.05. The highest BCUT2D eigenvalue weighted by Gasteiger charge is 2.38. The van der Waals surface area contributed by atoms with Gasteiger partial charge in [0.1, 0.15) is 11.1 Å². The van der Waals surface area contributed by atoms with E-state index in [1.54, 1.807) is 20.8 Å². The van der Waals surface area contributed by atoms with E-state index in [-0.39, 0.29) is 45.5 Å². The summed E-state index contributed by atoms with van der Waals surface area (Å²) in [5, 5.41) is 2.54. The van der Waals surface area contributed by atoms with E-state index in [9.17, 15) is 22.8 Å². The monoisotopic (exact) mass is 551 g/mol. The van der Waals surface area contributed by atoms with Gasteiger partial charge in [-0.15, -0.1) is 0 Å². The quantitative estimate of drug-likeness (QED) is 0.383. The Morgan fingerprint density at radius 3 is 2.62 bits per heavy atom. The van der Waals surface area contributed by atoms with Crippen molar-refractivity contribution in [2.24, 2.45) is 0 Å². The van der Waals surface area contributed by atoms with Crippen LogP contribution >= 0.6 is 11.6 Å². The second-order valence-corrected chi connectivity index (χ2v) is 12.8. The van der Waals surface area contributed by atoms with E-state index >= 15 is 0 Å². The number of benzene rings is 1. The van der Waals surface area contributed by atoms with E-state index < -0.39 is 38.3 Å². The third kappa shape index (κ3) is 5.47. The first-order valence-corrected chi connectivity index (χ1v) is 14.0. The lowest BCUT2D eigenvalue weighted by molar-refractivity contribution is 0.0496. The molecule has 1 amide bonds. The number of rotatable bonds is 6. The number of pyridine rings is 1. The smallest absolute Gasteiger partial charge is 0.407 e. The summed E-state index contributed by atoms with van der Waals surface area (Å²) >= 11 is 6.42. The fourth-order valence-electron chi connectivity index (χ4n) is 4.59. The Morgan fingerprint density at radius 1 is 1.22 bits per heavy atom. The number of aromatic nitrogens is 2. The van der Waals surface area contributed by atoms with E-state index in [0.717, 1.165) is 0 Å². The molecular weight excluding hydrogens is 522 g/mol. The number of sulfone groups is 1. The number of carbonyl (C=O) groups is 2. The van der Waals surface area contributed by atoms with Crippen molar-refractivity contribution in [1.82, 2.24) is 15.3 Å². The molecule has 0 saturated heterocycles. The number of ether oxygens (including phenoxy) is 2. The van der Waals surface area contributed by atoms with Gasteiger partial charge in [0.05, 0.1) is 32.9 Å². The first kappa shape index (κ1) is 27.0. The molecule has 0 bridgehead atoms. The Kier molecular flexibility index (Phi) is 7.31. The number of esters is 1. The van der Waals surface area contributed by atoms with Crippen LogP contribution in [0.5, 0.6) is 0 Å². The zero-order chi connectivity index (χ0) is 27.1. The van der Waals surface area contributed by atoms with Crippen LogP contribution in [-0.4, -0.2) is 53.9 Å². The van der Waals surface area contributed by atoms with E-state index in [0.29, 0.717) is 30.2 Å². The highest BCUT2D eigenvalue weighted by atomic mass is 35.5. The van der Waals surface area contributed by atoms with Crippen molar-refractivity contribution in [3.8, 4) is 0 Å². The van der Waals surface area contributed by atoms with Crippen molar-refractivity contribution in [1.29, 1.82) is 0 Å². The largest absolute Gasteiger partial charge is 0.462 e. The lowest BCUT2D eigenvalue weighted by Gasteiger charge is -2.21. The van der Waals surface area contributed by atoms with Gasteiger partial charge in [0.25, 0.3) is 5.56 Å². The molecule has 10 nitrogen and oxygen atoms in total. The highest BCUT2D eigenvalue weighted by molar-refractivity contribution is 7.92. The molecule has 12 heteroatoms. The molecule has 2 unspecified atom stereocenters. The molecule has 3 N–H and O–H groups in total. The Labute approximate surface area is 219 Å². The number of carbonyl (C=O) groups excluding carboxylic acids is 2. The molecule has 37 heavy (non-hydrogen) atoms. The van der Waals surface area contributed by atoms with Gasteiger partial charge >= 0.3 is 12.1 Å². The minimum atomic E-state index is -3.92. The zero-order valence-electron chi connectivity index (χ0n) is 21.1. The van der Waals surface area contributed by atoms with Gasteiger partial charge in [-0.05, 0) is 58.6 Å². The molecule has 0 aliphatic heterocycles. The average molecular weight is 552 g/mol. The van der Waals surface area contributed by atoms with E-state index in [1.165, 1.54) is 18.3 Å². The molecular formula is C25H30ClN3O7S. The van der Waals surface area contributed by atoms with Gasteiger partial charge in [0.15, 0.2) is 9.84 Å². The maximum absolute atomic E-state index is 13.7. The van der Waals surface area contributed by atoms with Crippen molar-refractivity contribution >= 4 is 55.3 Å². The number of hydrogen-bond donors (Lipinski definition) is 3. The van der Waals surface area contributed by atoms with Crippen LogP contribution in [-0.2, 0) is 19.3 Å². The van der Waals surface area contributed by atoms with Crippen LogP contribution in [0.4, 0.5) is 4.79 Å². The van der Waals surface area contributed by atoms with Crippen LogP contribution in [0.25, 0.3) is 21.8 Å². The van der Waals surface area contributed by atoms with E-state index in [2.05, 4.69) is 15.3 Å². The van der Waals surface area contributed by atoms with Gasteiger partial charge < -0.3 is 24.8 Å². The molecule has 3 aromatic rings. The van der Waals surface area contributed by atoms with Crippen molar-refractivity contribution in [2.75, 3.05) is 6.61 Å². The van der Waals surface area contributed by atoms with Gasteiger partial charge in [-0.3, -0.25) is 4.79 Å². The first-order valence-electron chi connectivity index (χ1n) is 12.1. The van der Waals surface area contributed by atoms with Crippen LogP contribution in [0, 0.1) is 0 Å². The SMILES string of the molecule is CCCOC(=O)c1c[nH]c2c(=O)[nH]c3cc(Cl)c(S(=O)(=O)C4CCC(NC(=O)OC(C)(C)C)C4)cc3c12. The molecule has 0 radical (unpaired) electrons. The van der Waals surface area contributed by atoms with E-state index in [1.807, 2.05) is 6.92 Å². The lowest BCUT2D eigenvalue weighted by atomic mass is 10.1. The van der Waals surface area contributed by atoms with Crippen LogP contribution < -0.4 is 10.9 Å². The average Bonchev–Trinajstić information content (AvgIpc) is 3.44. The lowest BCUT2D eigenvalue weighted by Crippen LogP contribution is -2.38. The number of halogens is 1. The molecule has 2 aromatic heterocycles. The summed E-state index contributed by atoms with van der Waals surface area (Å²) in [4.78, 5) is 42.8.